The number of amides is 1. The maximum atomic E-state index is 12.7. The van der Waals surface area contributed by atoms with Gasteiger partial charge in [-0.25, -0.2) is 4.68 Å². The number of hydrogen-bond acceptors (Lipinski definition) is 4. The van der Waals surface area contributed by atoms with Gasteiger partial charge in [0.1, 0.15) is 0 Å². The first-order valence-electron chi connectivity index (χ1n) is 8.71. The highest BCUT2D eigenvalue weighted by atomic mass is 35.5. The van der Waals surface area contributed by atoms with E-state index >= 15 is 0 Å². The highest BCUT2D eigenvalue weighted by molar-refractivity contribution is 6.31. The fourth-order valence-corrected chi connectivity index (χ4v) is 3.08. The second kappa shape index (κ2) is 8.71. The number of carbonyl (C=O) groups excluding carboxylic acids is 2. The Kier molecular flexibility index (Phi) is 6.11. The number of ether oxygens (including phenoxy) is 1. The van der Waals surface area contributed by atoms with Crippen LogP contribution in [0.15, 0.2) is 60.9 Å². The van der Waals surface area contributed by atoms with Crippen molar-refractivity contribution in [2.75, 3.05) is 7.11 Å². The van der Waals surface area contributed by atoms with Crippen LogP contribution in [0.25, 0.3) is 5.69 Å². The van der Waals surface area contributed by atoms with Crippen LogP contribution in [-0.4, -0.2) is 28.8 Å². The second-order valence-electron chi connectivity index (χ2n) is 6.34. The summed E-state index contributed by atoms with van der Waals surface area (Å²) >= 11 is 6.25. The molecule has 2 aromatic carbocycles. The van der Waals surface area contributed by atoms with Gasteiger partial charge in [0.2, 0.25) is 0 Å². The maximum Gasteiger partial charge on any atom is 0.307 e. The molecular formula is C21H20ClN3O3. The minimum Gasteiger partial charge on any atom is -0.469 e. The summed E-state index contributed by atoms with van der Waals surface area (Å²) < 4.78 is 6.49. The fourth-order valence-electron chi connectivity index (χ4n) is 2.81. The zero-order chi connectivity index (χ0) is 20.1. The van der Waals surface area contributed by atoms with Crippen LogP contribution in [0.5, 0.6) is 0 Å². The summed E-state index contributed by atoms with van der Waals surface area (Å²) in [6, 6.07) is 13.5. The molecular weight excluding hydrogens is 378 g/mol. The van der Waals surface area contributed by atoms with Crippen LogP contribution in [0.1, 0.15) is 33.9 Å². The first-order valence-corrected chi connectivity index (χ1v) is 9.09. The molecule has 144 valence electrons. The molecule has 1 amide bonds. The van der Waals surface area contributed by atoms with Gasteiger partial charge in [-0.1, -0.05) is 29.8 Å². The molecule has 0 bridgehead atoms. The molecule has 0 aliphatic heterocycles. The van der Waals surface area contributed by atoms with Crippen LogP contribution in [0.3, 0.4) is 0 Å². The molecule has 0 saturated carbocycles. The summed E-state index contributed by atoms with van der Waals surface area (Å²) in [5.41, 5.74) is 3.02. The Bertz CT molecular complexity index is 983. The van der Waals surface area contributed by atoms with Gasteiger partial charge in [0, 0.05) is 16.8 Å². The third-order valence-corrected chi connectivity index (χ3v) is 4.63. The molecule has 7 heteroatoms. The molecule has 28 heavy (non-hydrogen) atoms. The van der Waals surface area contributed by atoms with E-state index in [1.807, 2.05) is 25.3 Å². The van der Waals surface area contributed by atoms with Gasteiger partial charge < -0.3 is 10.1 Å². The normalized spacial score (nSPS) is 11.7. The van der Waals surface area contributed by atoms with Gasteiger partial charge >= 0.3 is 5.97 Å². The van der Waals surface area contributed by atoms with E-state index < -0.39 is 12.0 Å². The van der Waals surface area contributed by atoms with Gasteiger partial charge in [-0.2, -0.15) is 5.10 Å². The number of methoxy groups -OCH3 is 1. The lowest BCUT2D eigenvalue weighted by Crippen LogP contribution is -2.30. The largest absolute Gasteiger partial charge is 0.469 e. The average Bonchev–Trinajstić information content (AvgIpc) is 3.14. The van der Waals surface area contributed by atoms with E-state index in [4.69, 9.17) is 16.3 Å². The van der Waals surface area contributed by atoms with E-state index in [0.717, 1.165) is 11.3 Å². The molecule has 6 nitrogen and oxygen atoms in total. The van der Waals surface area contributed by atoms with E-state index in [-0.39, 0.29) is 12.3 Å². The van der Waals surface area contributed by atoms with Crippen LogP contribution >= 0.6 is 11.6 Å². The quantitative estimate of drug-likeness (QED) is 0.641. The number of carbonyl (C=O) groups is 2. The lowest BCUT2D eigenvalue weighted by molar-refractivity contribution is -0.141. The molecule has 3 aromatic rings. The summed E-state index contributed by atoms with van der Waals surface area (Å²) in [5.74, 6) is -0.744. The van der Waals surface area contributed by atoms with Crippen molar-refractivity contribution in [2.45, 2.75) is 19.4 Å². The Balaban J connectivity index is 1.79. The van der Waals surface area contributed by atoms with E-state index in [1.54, 1.807) is 47.3 Å². The molecule has 1 heterocycles. The third kappa shape index (κ3) is 4.58. The minimum absolute atomic E-state index is 0.0172. The summed E-state index contributed by atoms with van der Waals surface area (Å²) in [6.45, 7) is 1.96. The number of aromatic nitrogens is 2. The van der Waals surface area contributed by atoms with Gasteiger partial charge in [-0.3, -0.25) is 9.59 Å². The van der Waals surface area contributed by atoms with Crippen molar-refractivity contribution in [3.05, 3.63) is 82.6 Å². The Morgan fingerprint density at radius 3 is 2.50 bits per heavy atom. The van der Waals surface area contributed by atoms with Crippen LogP contribution in [-0.2, 0) is 9.53 Å². The monoisotopic (exact) mass is 397 g/mol. The molecule has 1 aromatic heterocycles. The van der Waals surface area contributed by atoms with E-state index in [1.165, 1.54) is 7.11 Å². The molecule has 1 N–H and O–H groups in total. The zero-order valence-corrected chi connectivity index (χ0v) is 16.3. The van der Waals surface area contributed by atoms with Gasteiger partial charge in [-0.05, 0) is 48.4 Å². The second-order valence-corrected chi connectivity index (χ2v) is 6.74. The summed E-state index contributed by atoms with van der Waals surface area (Å²) in [4.78, 5) is 24.5. The molecule has 1 atom stereocenters. The lowest BCUT2D eigenvalue weighted by Gasteiger charge is -2.19. The van der Waals surface area contributed by atoms with Gasteiger partial charge in [0.15, 0.2) is 0 Å². The van der Waals surface area contributed by atoms with Crippen molar-refractivity contribution < 1.29 is 14.3 Å². The number of nitrogens with one attached hydrogen (secondary N) is 1. The van der Waals surface area contributed by atoms with Crippen LogP contribution in [0.4, 0.5) is 0 Å². The Morgan fingerprint density at radius 2 is 1.89 bits per heavy atom. The summed E-state index contributed by atoms with van der Waals surface area (Å²) in [5, 5.41) is 7.60. The topological polar surface area (TPSA) is 73.2 Å². The van der Waals surface area contributed by atoms with E-state index in [9.17, 15) is 9.59 Å². The molecule has 1 unspecified atom stereocenters. The predicted octanol–water partition coefficient (Wildman–Crippen LogP) is 3.87. The fraction of sp³-hybridized carbons (Fsp3) is 0.190. The average molecular weight is 398 g/mol. The predicted molar refractivity (Wildman–Crippen MR) is 107 cm³/mol. The standard InChI is InChI=1S/C21H20ClN3O3/c1-14-12-23-25(13-14)16-9-7-15(8-10-16)21(27)24-19(11-20(26)28-2)17-5-3-4-6-18(17)22/h3-10,12-13,19H,11H2,1-2H3,(H,24,27). The molecule has 0 fully saturated rings. The van der Waals surface area contributed by atoms with Crippen LogP contribution < -0.4 is 5.32 Å². The molecule has 0 spiro atoms. The maximum absolute atomic E-state index is 12.7. The van der Waals surface area contributed by atoms with Gasteiger partial charge in [-0.15, -0.1) is 0 Å². The molecule has 0 radical (unpaired) electrons. The minimum atomic E-state index is -0.595. The molecule has 0 saturated heterocycles. The van der Waals surface area contributed by atoms with Crippen molar-refractivity contribution in [3.63, 3.8) is 0 Å². The molecule has 0 aliphatic carbocycles. The summed E-state index contributed by atoms with van der Waals surface area (Å²) in [7, 11) is 1.31. The number of nitrogens with zero attached hydrogens (tertiary/aromatic N) is 2. The highest BCUT2D eigenvalue weighted by Gasteiger charge is 2.21. The van der Waals surface area contributed by atoms with Crippen molar-refractivity contribution in [3.8, 4) is 5.69 Å². The number of hydrogen-bond donors (Lipinski definition) is 1. The number of rotatable bonds is 6. The van der Waals surface area contributed by atoms with Gasteiger partial charge in [0.05, 0.1) is 31.5 Å². The lowest BCUT2D eigenvalue weighted by atomic mass is 10.0. The van der Waals surface area contributed by atoms with Crippen LogP contribution in [0, 0.1) is 6.92 Å². The smallest absolute Gasteiger partial charge is 0.307 e. The third-order valence-electron chi connectivity index (χ3n) is 4.29. The van der Waals surface area contributed by atoms with Gasteiger partial charge in [0.25, 0.3) is 5.91 Å². The number of halogens is 1. The van der Waals surface area contributed by atoms with Crippen molar-refractivity contribution >= 4 is 23.5 Å². The van der Waals surface area contributed by atoms with E-state index in [0.29, 0.717) is 16.1 Å². The Hall–Kier alpha value is -3.12. The van der Waals surface area contributed by atoms with Crippen molar-refractivity contribution in [1.82, 2.24) is 15.1 Å². The zero-order valence-electron chi connectivity index (χ0n) is 15.6. The SMILES string of the molecule is COC(=O)CC(NC(=O)c1ccc(-n2cc(C)cn2)cc1)c1ccccc1Cl. The first kappa shape index (κ1) is 19.6. The number of esters is 1. The summed E-state index contributed by atoms with van der Waals surface area (Å²) in [6.07, 6.45) is 3.65. The highest BCUT2D eigenvalue weighted by Crippen LogP contribution is 2.26. The van der Waals surface area contributed by atoms with Crippen LogP contribution in [0.2, 0.25) is 5.02 Å². The Morgan fingerprint density at radius 1 is 1.18 bits per heavy atom. The number of benzene rings is 2. The molecule has 3 rings (SSSR count). The number of aryl methyl sites for hydroxylation is 1. The molecule has 0 aliphatic rings. The van der Waals surface area contributed by atoms with Crippen molar-refractivity contribution in [2.24, 2.45) is 0 Å². The Labute approximate surface area is 168 Å². The first-order chi connectivity index (χ1) is 13.5. The van der Waals surface area contributed by atoms with Crippen molar-refractivity contribution in [1.29, 1.82) is 0 Å². The van der Waals surface area contributed by atoms with E-state index in [2.05, 4.69) is 10.4 Å².